The summed E-state index contributed by atoms with van der Waals surface area (Å²) in [5, 5.41) is 12.0. The van der Waals surface area contributed by atoms with Gasteiger partial charge in [0.1, 0.15) is 5.15 Å². The molecule has 8 heteroatoms. The van der Waals surface area contributed by atoms with E-state index >= 15 is 0 Å². The first kappa shape index (κ1) is 18.4. The first-order chi connectivity index (χ1) is 12.6. The van der Waals surface area contributed by atoms with Gasteiger partial charge < -0.3 is 15.2 Å². The zero-order chi connectivity index (χ0) is 18.5. The highest BCUT2D eigenvalue weighted by Crippen LogP contribution is 2.24. The molecule has 3 aromatic rings. The molecule has 0 aliphatic heterocycles. The first-order valence-corrected chi connectivity index (χ1v) is 8.87. The summed E-state index contributed by atoms with van der Waals surface area (Å²) >= 11 is 12.2. The van der Waals surface area contributed by atoms with Gasteiger partial charge in [0.05, 0.1) is 17.3 Å². The molecule has 6 nitrogen and oxygen atoms in total. The molecule has 0 fully saturated rings. The maximum Gasteiger partial charge on any atom is 0.191 e. The SMILES string of the molecule is CN=C(NCc1ccccc1-n1cccn1)NCc1cc(Cl)c(Cl)n1C. The lowest BCUT2D eigenvalue weighted by Gasteiger charge is -2.14. The molecule has 0 atom stereocenters. The standard InChI is InChI=1S/C18H20Cl2N6/c1-21-18(23-12-14-10-15(19)17(20)25(14)2)22-11-13-6-3-4-7-16(13)26-9-5-8-24-26/h3-10H,11-12H2,1-2H3,(H2,21,22,23). The maximum absolute atomic E-state index is 6.10. The third-order valence-corrected chi connectivity index (χ3v) is 4.91. The number of nitrogens with zero attached hydrogens (tertiary/aromatic N) is 4. The van der Waals surface area contributed by atoms with Gasteiger partial charge in [-0.3, -0.25) is 4.99 Å². The second-order valence-electron chi connectivity index (χ2n) is 5.69. The lowest BCUT2D eigenvalue weighted by atomic mass is 10.2. The van der Waals surface area contributed by atoms with E-state index in [0.29, 0.717) is 29.2 Å². The van der Waals surface area contributed by atoms with Gasteiger partial charge in [-0.2, -0.15) is 5.10 Å². The molecule has 0 bridgehead atoms. The minimum Gasteiger partial charge on any atom is -0.352 e. The molecule has 0 saturated carbocycles. The van der Waals surface area contributed by atoms with Gasteiger partial charge in [-0.15, -0.1) is 0 Å². The normalized spacial score (nSPS) is 11.6. The molecule has 0 aliphatic carbocycles. The van der Waals surface area contributed by atoms with E-state index in [2.05, 4.69) is 26.8 Å². The zero-order valence-electron chi connectivity index (χ0n) is 14.6. The number of hydrogen-bond donors (Lipinski definition) is 2. The molecule has 0 spiro atoms. The Hall–Kier alpha value is -2.44. The van der Waals surface area contributed by atoms with Crippen LogP contribution >= 0.6 is 23.2 Å². The number of halogens is 2. The van der Waals surface area contributed by atoms with Gasteiger partial charge >= 0.3 is 0 Å². The number of guanidine groups is 1. The van der Waals surface area contributed by atoms with Crippen LogP contribution in [0.4, 0.5) is 0 Å². The van der Waals surface area contributed by atoms with Crippen LogP contribution in [0.15, 0.2) is 53.8 Å². The van der Waals surface area contributed by atoms with Gasteiger partial charge in [-0.1, -0.05) is 41.4 Å². The van der Waals surface area contributed by atoms with Crippen molar-refractivity contribution in [2.75, 3.05) is 7.05 Å². The number of rotatable bonds is 5. The Morgan fingerprint density at radius 3 is 2.58 bits per heavy atom. The molecule has 136 valence electrons. The molecule has 0 radical (unpaired) electrons. The highest BCUT2D eigenvalue weighted by molar-refractivity contribution is 6.41. The summed E-state index contributed by atoms with van der Waals surface area (Å²) in [6.07, 6.45) is 3.69. The molecular formula is C18H20Cl2N6. The van der Waals surface area contributed by atoms with Crippen LogP contribution in [0.3, 0.4) is 0 Å². The predicted molar refractivity (Wildman–Crippen MR) is 106 cm³/mol. The summed E-state index contributed by atoms with van der Waals surface area (Å²) in [7, 11) is 3.61. The van der Waals surface area contributed by atoms with Crippen molar-refractivity contribution in [2.45, 2.75) is 13.1 Å². The minimum absolute atomic E-state index is 0.527. The number of hydrogen-bond acceptors (Lipinski definition) is 2. The molecule has 0 aliphatic rings. The summed E-state index contributed by atoms with van der Waals surface area (Å²) in [5.74, 6) is 0.689. The molecule has 2 aromatic heterocycles. The quantitative estimate of drug-likeness (QED) is 0.518. The number of nitrogens with one attached hydrogen (secondary N) is 2. The van der Waals surface area contributed by atoms with Crippen LogP contribution in [0.1, 0.15) is 11.3 Å². The largest absolute Gasteiger partial charge is 0.352 e. The van der Waals surface area contributed by atoms with Crippen LogP contribution in [-0.4, -0.2) is 27.4 Å². The van der Waals surface area contributed by atoms with Crippen molar-refractivity contribution in [3.63, 3.8) is 0 Å². The zero-order valence-corrected chi connectivity index (χ0v) is 16.1. The van der Waals surface area contributed by atoms with Gasteiger partial charge in [0, 0.05) is 38.7 Å². The van der Waals surface area contributed by atoms with E-state index in [4.69, 9.17) is 23.2 Å². The van der Waals surface area contributed by atoms with Crippen molar-refractivity contribution < 1.29 is 0 Å². The topological polar surface area (TPSA) is 59.2 Å². The van der Waals surface area contributed by atoms with Gasteiger partial charge in [0.15, 0.2) is 5.96 Å². The maximum atomic E-state index is 6.10. The number of aliphatic imine (C=N–C) groups is 1. The van der Waals surface area contributed by atoms with E-state index in [0.717, 1.165) is 16.9 Å². The fourth-order valence-electron chi connectivity index (χ4n) is 2.63. The smallest absolute Gasteiger partial charge is 0.191 e. The predicted octanol–water partition coefficient (Wildman–Crippen LogP) is 3.38. The molecule has 3 rings (SSSR count). The summed E-state index contributed by atoms with van der Waals surface area (Å²) in [6.45, 7) is 1.17. The third kappa shape index (κ3) is 4.03. The second kappa shape index (κ2) is 8.29. The lowest BCUT2D eigenvalue weighted by molar-refractivity contribution is 0.747. The molecule has 0 unspecified atom stereocenters. The van der Waals surface area contributed by atoms with E-state index in [1.54, 1.807) is 13.2 Å². The monoisotopic (exact) mass is 390 g/mol. The van der Waals surface area contributed by atoms with E-state index in [-0.39, 0.29) is 0 Å². The van der Waals surface area contributed by atoms with Crippen LogP contribution in [-0.2, 0) is 20.1 Å². The fraction of sp³-hybridized carbons (Fsp3) is 0.222. The Morgan fingerprint density at radius 2 is 1.92 bits per heavy atom. The van der Waals surface area contributed by atoms with Crippen LogP contribution < -0.4 is 10.6 Å². The average Bonchev–Trinajstić information content (AvgIpc) is 3.27. The van der Waals surface area contributed by atoms with E-state index < -0.39 is 0 Å². The number of benzene rings is 1. The van der Waals surface area contributed by atoms with Gasteiger partial charge in [0.25, 0.3) is 0 Å². The fourth-order valence-corrected chi connectivity index (χ4v) is 3.04. The van der Waals surface area contributed by atoms with Crippen molar-refractivity contribution in [1.29, 1.82) is 0 Å². The van der Waals surface area contributed by atoms with E-state index in [1.807, 2.05) is 52.8 Å². The van der Waals surface area contributed by atoms with Gasteiger partial charge in [-0.05, 0) is 23.8 Å². The van der Waals surface area contributed by atoms with Crippen LogP contribution in [0.25, 0.3) is 5.69 Å². The molecule has 0 saturated heterocycles. The van der Waals surface area contributed by atoms with E-state index in [9.17, 15) is 0 Å². The summed E-state index contributed by atoms with van der Waals surface area (Å²) in [6, 6.07) is 11.9. The average molecular weight is 391 g/mol. The second-order valence-corrected chi connectivity index (χ2v) is 6.46. The Kier molecular flexibility index (Phi) is 5.85. The van der Waals surface area contributed by atoms with Crippen molar-refractivity contribution in [3.05, 3.63) is 70.2 Å². The van der Waals surface area contributed by atoms with Crippen LogP contribution in [0, 0.1) is 0 Å². The molecule has 0 amide bonds. The number of para-hydroxylation sites is 1. The number of aromatic nitrogens is 3. The summed E-state index contributed by atoms with van der Waals surface area (Å²) in [5.41, 5.74) is 3.12. The van der Waals surface area contributed by atoms with Crippen LogP contribution in [0.5, 0.6) is 0 Å². The minimum atomic E-state index is 0.527. The van der Waals surface area contributed by atoms with Crippen molar-refractivity contribution >= 4 is 29.2 Å². The molecule has 1 aromatic carbocycles. The molecule has 26 heavy (non-hydrogen) atoms. The van der Waals surface area contributed by atoms with Gasteiger partial charge in [0.2, 0.25) is 0 Å². The van der Waals surface area contributed by atoms with E-state index in [1.165, 1.54) is 0 Å². The molecule has 2 N–H and O–H groups in total. The molecular weight excluding hydrogens is 371 g/mol. The van der Waals surface area contributed by atoms with Crippen molar-refractivity contribution in [1.82, 2.24) is 25.0 Å². The Bertz CT molecular complexity index is 899. The summed E-state index contributed by atoms with van der Waals surface area (Å²) in [4.78, 5) is 4.27. The first-order valence-electron chi connectivity index (χ1n) is 8.12. The van der Waals surface area contributed by atoms with Crippen molar-refractivity contribution in [2.24, 2.45) is 12.0 Å². The third-order valence-electron chi connectivity index (χ3n) is 4.07. The van der Waals surface area contributed by atoms with Crippen LogP contribution in [0.2, 0.25) is 10.2 Å². The lowest BCUT2D eigenvalue weighted by Crippen LogP contribution is -2.36. The van der Waals surface area contributed by atoms with Crippen molar-refractivity contribution in [3.8, 4) is 5.69 Å². The Balaban J connectivity index is 1.64. The van der Waals surface area contributed by atoms with Gasteiger partial charge in [-0.25, -0.2) is 4.68 Å². The highest BCUT2D eigenvalue weighted by atomic mass is 35.5. The summed E-state index contributed by atoms with van der Waals surface area (Å²) < 4.78 is 3.69. The molecule has 2 heterocycles. The Labute approximate surface area is 162 Å². The Morgan fingerprint density at radius 1 is 1.15 bits per heavy atom. The highest BCUT2D eigenvalue weighted by Gasteiger charge is 2.10.